The van der Waals surface area contributed by atoms with Crippen LogP contribution < -0.4 is 14.9 Å². The molecule has 1 amide bonds. The lowest BCUT2D eigenvalue weighted by molar-refractivity contribution is -0.114. The van der Waals surface area contributed by atoms with Crippen LogP contribution in [0, 0.1) is 0 Å². The van der Waals surface area contributed by atoms with Gasteiger partial charge in [0.25, 0.3) is 0 Å². The van der Waals surface area contributed by atoms with Crippen molar-refractivity contribution in [1.82, 2.24) is 4.72 Å². The van der Waals surface area contributed by atoms with Gasteiger partial charge in [-0.15, -0.1) is 0 Å². The first-order valence-electron chi connectivity index (χ1n) is 7.82. The predicted octanol–water partition coefficient (Wildman–Crippen LogP) is 3.30. The van der Waals surface area contributed by atoms with E-state index in [1.807, 2.05) is 24.3 Å². The summed E-state index contributed by atoms with van der Waals surface area (Å²) < 4.78 is 3.40. The summed E-state index contributed by atoms with van der Waals surface area (Å²) in [6, 6.07) is 16.5. The number of amides is 1. The van der Waals surface area contributed by atoms with Crippen molar-refractivity contribution >= 4 is 29.2 Å². The van der Waals surface area contributed by atoms with Crippen LogP contribution in [0.2, 0.25) is 0 Å². The molecule has 0 unspecified atom stereocenters. The lowest BCUT2D eigenvalue weighted by atomic mass is 10.2. The van der Waals surface area contributed by atoms with E-state index in [2.05, 4.69) is 39.2 Å². The Morgan fingerprint density at radius 1 is 1.22 bits per heavy atom. The Hall–Kier alpha value is -1.98. The molecule has 2 aromatic carbocycles. The summed E-state index contributed by atoms with van der Waals surface area (Å²) in [7, 11) is 0. The highest BCUT2D eigenvalue weighted by atomic mass is 32.2. The summed E-state index contributed by atoms with van der Waals surface area (Å²) >= 11 is 1.60. The molecule has 3 rings (SSSR count). The molecular weight excluding hydrogens is 306 g/mol. The molecule has 1 aliphatic heterocycles. The number of carbonyl (C=O) groups excluding carboxylic acids is 1. The standard InChI is InChI=1S/C18H21N3OS/c1-14(22)20-16-6-4-7-17(13-16)23-19-10-12-21-11-9-15-5-2-3-8-18(15)21/h2-8,13,19H,9-12H2,1H3,(H,20,22). The number of fused-ring (bicyclic) bond motifs is 1. The summed E-state index contributed by atoms with van der Waals surface area (Å²) in [5.74, 6) is -0.0483. The number of carbonyl (C=O) groups is 1. The minimum Gasteiger partial charge on any atom is -0.370 e. The largest absolute Gasteiger partial charge is 0.370 e. The van der Waals surface area contributed by atoms with Crippen LogP contribution in [0.25, 0.3) is 0 Å². The van der Waals surface area contributed by atoms with Gasteiger partial charge >= 0.3 is 0 Å². The molecule has 0 aromatic heterocycles. The Balaban J connectivity index is 1.46. The van der Waals surface area contributed by atoms with Crippen LogP contribution in [0.4, 0.5) is 11.4 Å². The Morgan fingerprint density at radius 3 is 2.96 bits per heavy atom. The number of benzene rings is 2. The lowest BCUT2D eigenvalue weighted by Crippen LogP contribution is -2.28. The fourth-order valence-electron chi connectivity index (χ4n) is 2.79. The molecule has 4 nitrogen and oxygen atoms in total. The highest BCUT2D eigenvalue weighted by Gasteiger charge is 2.17. The summed E-state index contributed by atoms with van der Waals surface area (Å²) in [6.45, 7) is 4.52. The SMILES string of the molecule is CC(=O)Nc1cccc(SNCCN2CCc3ccccc32)c1. The summed E-state index contributed by atoms with van der Waals surface area (Å²) in [6.07, 6.45) is 1.14. The minimum atomic E-state index is -0.0483. The van der Waals surface area contributed by atoms with Gasteiger partial charge in [0.15, 0.2) is 0 Å². The smallest absolute Gasteiger partial charge is 0.221 e. The third-order valence-corrected chi connectivity index (χ3v) is 4.65. The first kappa shape index (κ1) is 15.9. The van der Waals surface area contributed by atoms with Crippen molar-refractivity contribution in [2.45, 2.75) is 18.2 Å². The van der Waals surface area contributed by atoms with Crippen LogP contribution in [-0.4, -0.2) is 25.5 Å². The monoisotopic (exact) mass is 327 g/mol. The van der Waals surface area contributed by atoms with E-state index in [1.54, 1.807) is 11.9 Å². The molecule has 5 heteroatoms. The number of rotatable bonds is 6. The molecule has 0 atom stereocenters. The van der Waals surface area contributed by atoms with E-state index in [4.69, 9.17) is 0 Å². The minimum absolute atomic E-state index is 0.0483. The van der Waals surface area contributed by atoms with Crippen LogP contribution in [0.3, 0.4) is 0 Å². The number of hydrogen-bond acceptors (Lipinski definition) is 4. The second-order valence-corrected chi connectivity index (χ2v) is 6.54. The fourth-order valence-corrected chi connectivity index (χ4v) is 3.49. The van der Waals surface area contributed by atoms with Crippen LogP contribution in [0.5, 0.6) is 0 Å². The van der Waals surface area contributed by atoms with Crippen molar-refractivity contribution in [3.8, 4) is 0 Å². The normalized spacial score (nSPS) is 13.0. The number of hydrogen-bond donors (Lipinski definition) is 2. The molecule has 0 bridgehead atoms. The van der Waals surface area contributed by atoms with E-state index >= 15 is 0 Å². The van der Waals surface area contributed by atoms with Crippen molar-refractivity contribution < 1.29 is 4.79 Å². The first-order chi connectivity index (χ1) is 11.2. The van der Waals surface area contributed by atoms with Gasteiger partial charge < -0.3 is 10.2 Å². The number of nitrogens with zero attached hydrogens (tertiary/aromatic N) is 1. The van der Waals surface area contributed by atoms with Gasteiger partial charge in [0.1, 0.15) is 0 Å². The average Bonchev–Trinajstić information content (AvgIpc) is 2.95. The van der Waals surface area contributed by atoms with Gasteiger partial charge in [0.05, 0.1) is 0 Å². The van der Waals surface area contributed by atoms with Gasteiger partial charge in [-0.05, 0) is 48.2 Å². The summed E-state index contributed by atoms with van der Waals surface area (Å²) in [5, 5.41) is 2.80. The summed E-state index contributed by atoms with van der Waals surface area (Å²) in [4.78, 5) is 14.6. The number of para-hydroxylation sites is 1. The maximum Gasteiger partial charge on any atom is 0.221 e. The van der Waals surface area contributed by atoms with Gasteiger partial charge in [0.2, 0.25) is 5.91 Å². The Bertz CT molecular complexity index is 689. The average molecular weight is 327 g/mol. The van der Waals surface area contributed by atoms with E-state index in [-0.39, 0.29) is 5.91 Å². The number of anilines is 2. The molecule has 2 N–H and O–H groups in total. The molecule has 0 fully saturated rings. The Morgan fingerprint density at radius 2 is 2.09 bits per heavy atom. The van der Waals surface area contributed by atoms with Crippen LogP contribution in [-0.2, 0) is 11.2 Å². The second kappa shape index (κ2) is 7.53. The van der Waals surface area contributed by atoms with Gasteiger partial charge in [0, 0.05) is 42.8 Å². The molecule has 0 spiro atoms. The second-order valence-electron chi connectivity index (χ2n) is 5.57. The van der Waals surface area contributed by atoms with Crippen LogP contribution >= 0.6 is 11.9 Å². The van der Waals surface area contributed by atoms with Gasteiger partial charge in [-0.25, -0.2) is 0 Å². The van der Waals surface area contributed by atoms with E-state index in [0.29, 0.717) is 0 Å². The van der Waals surface area contributed by atoms with Gasteiger partial charge in [-0.2, -0.15) is 0 Å². The zero-order valence-electron chi connectivity index (χ0n) is 13.2. The first-order valence-corrected chi connectivity index (χ1v) is 8.64. The molecule has 2 aromatic rings. The van der Waals surface area contributed by atoms with Crippen molar-refractivity contribution in [2.24, 2.45) is 0 Å². The number of nitrogens with one attached hydrogen (secondary N) is 2. The van der Waals surface area contributed by atoms with Crippen molar-refractivity contribution in [1.29, 1.82) is 0 Å². The fraction of sp³-hybridized carbons (Fsp3) is 0.278. The van der Waals surface area contributed by atoms with Gasteiger partial charge in [-0.3, -0.25) is 9.52 Å². The van der Waals surface area contributed by atoms with Crippen LogP contribution in [0.15, 0.2) is 53.4 Å². The molecule has 0 aliphatic carbocycles. The summed E-state index contributed by atoms with van der Waals surface area (Å²) in [5.41, 5.74) is 3.65. The van der Waals surface area contributed by atoms with E-state index in [9.17, 15) is 4.79 Å². The van der Waals surface area contributed by atoms with Crippen molar-refractivity contribution in [3.63, 3.8) is 0 Å². The molecule has 0 saturated carbocycles. The van der Waals surface area contributed by atoms with E-state index in [1.165, 1.54) is 18.2 Å². The molecular formula is C18H21N3OS. The maximum atomic E-state index is 11.1. The maximum absolute atomic E-state index is 11.1. The molecule has 0 radical (unpaired) electrons. The molecule has 23 heavy (non-hydrogen) atoms. The highest BCUT2D eigenvalue weighted by molar-refractivity contribution is 7.97. The molecule has 1 heterocycles. The predicted molar refractivity (Wildman–Crippen MR) is 97.0 cm³/mol. The van der Waals surface area contributed by atoms with Crippen molar-refractivity contribution in [2.75, 3.05) is 29.9 Å². The van der Waals surface area contributed by atoms with Crippen molar-refractivity contribution in [3.05, 3.63) is 54.1 Å². The zero-order chi connectivity index (χ0) is 16.1. The third-order valence-electron chi connectivity index (χ3n) is 3.81. The van der Waals surface area contributed by atoms with Crippen LogP contribution in [0.1, 0.15) is 12.5 Å². The van der Waals surface area contributed by atoms with E-state index in [0.717, 1.165) is 36.6 Å². The molecule has 1 aliphatic rings. The third kappa shape index (κ3) is 4.27. The quantitative estimate of drug-likeness (QED) is 0.631. The molecule has 0 saturated heterocycles. The Kier molecular flexibility index (Phi) is 5.20. The van der Waals surface area contributed by atoms with E-state index < -0.39 is 0 Å². The zero-order valence-corrected chi connectivity index (χ0v) is 14.0. The Labute approximate surface area is 141 Å². The highest BCUT2D eigenvalue weighted by Crippen LogP contribution is 2.27. The van der Waals surface area contributed by atoms with Gasteiger partial charge in [-0.1, -0.05) is 24.3 Å². The lowest BCUT2D eigenvalue weighted by Gasteiger charge is -2.19. The molecule has 120 valence electrons. The topological polar surface area (TPSA) is 44.4 Å².